The molecule has 0 unspecified atom stereocenters. The molecule has 2 N–H and O–H groups in total. The van der Waals surface area contributed by atoms with Crippen molar-refractivity contribution in [3.63, 3.8) is 0 Å². The first kappa shape index (κ1) is 9.34. The minimum absolute atomic E-state index is 0.242. The normalized spacial score (nSPS) is 20.5. The first-order valence-corrected chi connectivity index (χ1v) is 4.55. The van der Waals surface area contributed by atoms with E-state index in [1.807, 2.05) is 6.08 Å². The molecule has 1 nitrogen and oxygen atoms in total. The van der Waals surface area contributed by atoms with Gasteiger partial charge >= 0.3 is 0 Å². The van der Waals surface area contributed by atoms with Gasteiger partial charge in [-0.2, -0.15) is 0 Å². The quantitative estimate of drug-likeness (QED) is 0.731. The highest BCUT2D eigenvalue weighted by Gasteiger charge is 2.18. The van der Waals surface area contributed by atoms with Crippen molar-refractivity contribution in [2.45, 2.75) is 18.9 Å². The first-order valence-electron chi connectivity index (χ1n) is 4.55. The van der Waals surface area contributed by atoms with Crippen LogP contribution in [0.25, 0.3) is 6.08 Å². The summed E-state index contributed by atoms with van der Waals surface area (Å²) in [5.41, 5.74) is 7.50. The molecule has 0 spiro atoms. The minimum Gasteiger partial charge on any atom is -0.327 e. The molecule has 0 radical (unpaired) electrons. The van der Waals surface area contributed by atoms with Crippen molar-refractivity contribution in [3.8, 4) is 0 Å². The van der Waals surface area contributed by atoms with Gasteiger partial charge in [-0.15, -0.1) is 0 Å². The highest BCUT2D eigenvalue weighted by molar-refractivity contribution is 5.54. The van der Waals surface area contributed by atoms with Gasteiger partial charge in [0.25, 0.3) is 0 Å². The zero-order chi connectivity index (χ0) is 10.1. The highest BCUT2D eigenvalue weighted by Crippen LogP contribution is 2.27. The minimum atomic E-state index is -0.808. The van der Waals surface area contributed by atoms with Gasteiger partial charge in [-0.25, -0.2) is 8.78 Å². The molecule has 1 aromatic carbocycles. The summed E-state index contributed by atoms with van der Waals surface area (Å²) in [5.74, 6) is -1.61. The molecular formula is C11H11F2N. The van der Waals surface area contributed by atoms with Gasteiger partial charge in [-0.3, -0.25) is 0 Å². The summed E-state index contributed by atoms with van der Waals surface area (Å²) < 4.78 is 25.4. The molecule has 3 heteroatoms. The van der Waals surface area contributed by atoms with Gasteiger partial charge < -0.3 is 5.73 Å². The smallest absolute Gasteiger partial charge is 0.159 e. The average Bonchev–Trinajstić information content (AvgIpc) is 2.09. The van der Waals surface area contributed by atoms with E-state index in [4.69, 9.17) is 5.73 Å². The second-order valence-corrected chi connectivity index (χ2v) is 3.64. The topological polar surface area (TPSA) is 26.0 Å². The van der Waals surface area contributed by atoms with Crippen LogP contribution in [0.15, 0.2) is 23.8 Å². The molecule has 0 amide bonds. The molecule has 14 heavy (non-hydrogen) atoms. The van der Waals surface area contributed by atoms with Crippen LogP contribution in [-0.4, -0.2) is 6.04 Å². The van der Waals surface area contributed by atoms with E-state index in [2.05, 4.69) is 0 Å². The molecule has 1 aliphatic rings. The Kier molecular flexibility index (Phi) is 2.33. The molecule has 0 bridgehead atoms. The third-order valence-electron chi connectivity index (χ3n) is 2.36. The van der Waals surface area contributed by atoms with Crippen LogP contribution in [-0.2, 0) is 0 Å². The molecule has 0 atom stereocenters. The van der Waals surface area contributed by atoms with Crippen molar-refractivity contribution >= 4 is 6.08 Å². The fourth-order valence-electron chi connectivity index (χ4n) is 1.57. The van der Waals surface area contributed by atoms with Gasteiger partial charge in [-0.1, -0.05) is 17.7 Å². The molecule has 1 aromatic rings. The third-order valence-corrected chi connectivity index (χ3v) is 2.36. The number of nitrogens with two attached hydrogens (primary N) is 1. The molecule has 0 aromatic heterocycles. The Hall–Kier alpha value is -1.22. The second kappa shape index (κ2) is 3.50. The highest BCUT2D eigenvalue weighted by atomic mass is 19.2. The lowest BCUT2D eigenvalue weighted by Gasteiger charge is -2.25. The second-order valence-electron chi connectivity index (χ2n) is 3.64. The monoisotopic (exact) mass is 195 g/mol. The number of halogens is 2. The van der Waals surface area contributed by atoms with Crippen molar-refractivity contribution in [2.24, 2.45) is 5.73 Å². The van der Waals surface area contributed by atoms with Crippen LogP contribution in [0.1, 0.15) is 18.4 Å². The predicted molar refractivity (Wildman–Crippen MR) is 51.5 cm³/mol. The molecule has 1 saturated carbocycles. The summed E-state index contributed by atoms with van der Waals surface area (Å²) in [5, 5.41) is 0. The van der Waals surface area contributed by atoms with Crippen LogP contribution in [0.4, 0.5) is 8.78 Å². The van der Waals surface area contributed by atoms with Crippen molar-refractivity contribution in [1.29, 1.82) is 0 Å². The maximum Gasteiger partial charge on any atom is 0.159 e. The maximum atomic E-state index is 12.8. The molecule has 0 saturated heterocycles. The van der Waals surface area contributed by atoms with Gasteiger partial charge in [0.2, 0.25) is 0 Å². The van der Waals surface area contributed by atoms with Gasteiger partial charge in [0.15, 0.2) is 11.6 Å². The Morgan fingerprint density at radius 3 is 2.50 bits per heavy atom. The van der Waals surface area contributed by atoms with Crippen LogP contribution in [0.2, 0.25) is 0 Å². The fraction of sp³-hybridized carbons (Fsp3) is 0.273. The first-order chi connectivity index (χ1) is 6.65. The molecule has 1 aliphatic carbocycles. The summed E-state index contributed by atoms with van der Waals surface area (Å²) in [6.07, 6.45) is 3.59. The van der Waals surface area contributed by atoms with Crippen LogP contribution < -0.4 is 5.73 Å². The van der Waals surface area contributed by atoms with Crippen LogP contribution >= 0.6 is 0 Å². The zero-order valence-electron chi connectivity index (χ0n) is 7.63. The van der Waals surface area contributed by atoms with Crippen molar-refractivity contribution in [2.75, 3.05) is 0 Å². The van der Waals surface area contributed by atoms with Gasteiger partial charge in [0, 0.05) is 6.04 Å². The summed E-state index contributed by atoms with van der Waals surface area (Å²) in [6, 6.07) is 4.15. The lowest BCUT2D eigenvalue weighted by molar-refractivity contribution is 0.508. The summed E-state index contributed by atoms with van der Waals surface area (Å²) >= 11 is 0. The van der Waals surface area contributed by atoms with Gasteiger partial charge in [-0.05, 0) is 30.5 Å². The van der Waals surface area contributed by atoms with E-state index in [0.29, 0.717) is 5.56 Å². The maximum absolute atomic E-state index is 12.8. The van der Waals surface area contributed by atoms with Crippen molar-refractivity contribution in [1.82, 2.24) is 0 Å². The zero-order valence-corrected chi connectivity index (χ0v) is 7.63. The Bertz CT molecular complexity index is 377. The number of hydrogen-bond donors (Lipinski definition) is 1. The van der Waals surface area contributed by atoms with Crippen molar-refractivity contribution in [3.05, 3.63) is 41.0 Å². The fourth-order valence-corrected chi connectivity index (χ4v) is 1.57. The van der Waals surface area contributed by atoms with Gasteiger partial charge in [0.05, 0.1) is 0 Å². The largest absolute Gasteiger partial charge is 0.327 e. The average molecular weight is 195 g/mol. The molecule has 1 fully saturated rings. The number of hydrogen-bond acceptors (Lipinski definition) is 1. The van der Waals surface area contributed by atoms with E-state index >= 15 is 0 Å². The lowest BCUT2D eigenvalue weighted by atomic mass is 9.86. The van der Waals surface area contributed by atoms with Crippen LogP contribution in [0.3, 0.4) is 0 Å². The van der Waals surface area contributed by atoms with Crippen LogP contribution in [0.5, 0.6) is 0 Å². The Morgan fingerprint density at radius 1 is 1.21 bits per heavy atom. The molecule has 0 aliphatic heterocycles. The van der Waals surface area contributed by atoms with E-state index in [-0.39, 0.29) is 6.04 Å². The predicted octanol–water partition coefficient (Wildman–Crippen LogP) is 2.47. The lowest BCUT2D eigenvalue weighted by Crippen LogP contribution is -2.29. The van der Waals surface area contributed by atoms with E-state index in [9.17, 15) is 8.78 Å². The Morgan fingerprint density at radius 2 is 1.93 bits per heavy atom. The molecule has 2 rings (SSSR count). The summed E-state index contributed by atoms with van der Waals surface area (Å²) in [7, 11) is 0. The van der Waals surface area contributed by atoms with Crippen molar-refractivity contribution < 1.29 is 8.78 Å². The number of benzene rings is 1. The third kappa shape index (κ3) is 1.82. The van der Waals surface area contributed by atoms with E-state index < -0.39 is 11.6 Å². The SMILES string of the molecule is NC1CC(=Cc2ccc(F)c(F)c2)C1. The molecule has 0 heterocycles. The Balaban J connectivity index is 2.18. The summed E-state index contributed by atoms with van der Waals surface area (Å²) in [4.78, 5) is 0. The molecule has 74 valence electrons. The standard InChI is InChI=1S/C11H11F2N/c12-10-2-1-7(6-11(10)13)3-8-4-9(14)5-8/h1-3,6,9H,4-5,14H2. The Labute approximate surface area is 81.2 Å². The molecular weight excluding hydrogens is 184 g/mol. The van der Waals surface area contributed by atoms with Gasteiger partial charge in [0.1, 0.15) is 0 Å². The van der Waals surface area contributed by atoms with E-state index in [1.165, 1.54) is 11.6 Å². The van der Waals surface area contributed by atoms with E-state index in [1.54, 1.807) is 6.07 Å². The van der Waals surface area contributed by atoms with E-state index in [0.717, 1.165) is 18.9 Å². The van der Waals surface area contributed by atoms with Crippen LogP contribution in [0, 0.1) is 11.6 Å². The number of rotatable bonds is 1. The summed E-state index contributed by atoms with van der Waals surface area (Å²) in [6.45, 7) is 0.